The molecule has 1 unspecified atom stereocenters. The summed E-state index contributed by atoms with van der Waals surface area (Å²) in [6.45, 7) is 4.39. The normalized spacial score (nSPS) is 22.0. The molecular formula is C20H26N2O6. The number of carbonyl (C=O) groups is 2. The number of rotatable bonds is 3. The summed E-state index contributed by atoms with van der Waals surface area (Å²) >= 11 is 0. The van der Waals surface area contributed by atoms with E-state index in [0.29, 0.717) is 75.4 Å². The number of benzene rings is 1. The number of likely N-dealkylation sites (tertiary alicyclic amines) is 1. The zero-order valence-corrected chi connectivity index (χ0v) is 16.1. The van der Waals surface area contributed by atoms with Gasteiger partial charge in [0.1, 0.15) is 13.2 Å². The summed E-state index contributed by atoms with van der Waals surface area (Å²) in [5.41, 5.74) is 0.487. The predicted octanol–water partition coefficient (Wildman–Crippen LogP) is 1.18. The Morgan fingerprint density at radius 1 is 1.04 bits per heavy atom. The first-order valence-corrected chi connectivity index (χ1v) is 9.81. The monoisotopic (exact) mass is 390 g/mol. The van der Waals surface area contributed by atoms with Crippen molar-refractivity contribution in [3.63, 3.8) is 0 Å². The molecule has 0 spiro atoms. The zero-order chi connectivity index (χ0) is 19.5. The minimum absolute atomic E-state index is 0.116. The van der Waals surface area contributed by atoms with E-state index in [1.807, 2.05) is 4.90 Å². The number of nitrogens with zero attached hydrogens (tertiary/aromatic N) is 2. The number of amides is 2. The Morgan fingerprint density at radius 2 is 1.82 bits per heavy atom. The molecule has 0 saturated carbocycles. The molecule has 0 aliphatic carbocycles. The second-order valence-electron chi connectivity index (χ2n) is 7.23. The third kappa shape index (κ3) is 3.73. The molecule has 1 aromatic carbocycles. The third-order valence-corrected chi connectivity index (χ3v) is 5.46. The lowest BCUT2D eigenvalue weighted by atomic mass is 9.95. The largest absolute Gasteiger partial charge is 0.493 e. The van der Waals surface area contributed by atoms with Gasteiger partial charge in [0, 0.05) is 31.7 Å². The first-order valence-electron chi connectivity index (χ1n) is 9.81. The van der Waals surface area contributed by atoms with E-state index >= 15 is 0 Å². The summed E-state index contributed by atoms with van der Waals surface area (Å²) in [4.78, 5) is 29.6. The summed E-state index contributed by atoms with van der Waals surface area (Å²) in [5.74, 6) is 1.39. The van der Waals surface area contributed by atoms with Gasteiger partial charge >= 0.3 is 0 Å². The van der Waals surface area contributed by atoms with Crippen LogP contribution in [0.3, 0.4) is 0 Å². The Balaban J connectivity index is 1.49. The number of hydrogen-bond acceptors (Lipinski definition) is 6. The maximum atomic E-state index is 13.1. The lowest BCUT2D eigenvalue weighted by molar-refractivity contribution is -0.141. The van der Waals surface area contributed by atoms with Gasteiger partial charge in [-0.15, -0.1) is 0 Å². The summed E-state index contributed by atoms with van der Waals surface area (Å²) in [5, 5.41) is 0. The molecule has 4 rings (SSSR count). The van der Waals surface area contributed by atoms with Crippen LogP contribution in [0.25, 0.3) is 0 Å². The number of fused-ring (bicyclic) bond motifs is 1. The van der Waals surface area contributed by atoms with Gasteiger partial charge in [0.15, 0.2) is 11.5 Å². The molecule has 3 aliphatic rings. The second kappa shape index (κ2) is 8.26. The molecule has 152 valence electrons. The Kier molecular flexibility index (Phi) is 5.57. The van der Waals surface area contributed by atoms with E-state index in [4.69, 9.17) is 18.9 Å². The van der Waals surface area contributed by atoms with Gasteiger partial charge in [-0.1, -0.05) is 0 Å². The SMILES string of the molecule is COc1cc(C(=O)N2CCCC(C(=O)N3CCOCC3)C2)cc2c1OCCO2. The van der Waals surface area contributed by atoms with Crippen LogP contribution in [0.1, 0.15) is 23.2 Å². The Morgan fingerprint density at radius 3 is 2.61 bits per heavy atom. The van der Waals surface area contributed by atoms with E-state index in [9.17, 15) is 9.59 Å². The van der Waals surface area contributed by atoms with Crippen molar-refractivity contribution < 1.29 is 28.5 Å². The Bertz CT molecular complexity index is 729. The topological polar surface area (TPSA) is 77.5 Å². The molecule has 0 aromatic heterocycles. The van der Waals surface area contributed by atoms with Crippen molar-refractivity contribution in [3.05, 3.63) is 17.7 Å². The maximum absolute atomic E-state index is 13.1. The number of methoxy groups -OCH3 is 1. The highest BCUT2D eigenvalue weighted by Crippen LogP contribution is 2.40. The van der Waals surface area contributed by atoms with Crippen LogP contribution in [-0.4, -0.2) is 81.3 Å². The van der Waals surface area contributed by atoms with Gasteiger partial charge in [0.2, 0.25) is 11.7 Å². The molecule has 3 aliphatic heterocycles. The fraction of sp³-hybridized carbons (Fsp3) is 0.600. The zero-order valence-electron chi connectivity index (χ0n) is 16.1. The Labute approximate surface area is 164 Å². The van der Waals surface area contributed by atoms with Crippen molar-refractivity contribution >= 4 is 11.8 Å². The minimum atomic E-state index is -0.157. The first kappa shape index (κ1) is 18.9. The molecule has 28 heavy (non-hydrogen) atoms. The molecule has 0 bridgehead atoms. The van der Waals surface area contributed by atoms with Crippen LogP contribution >= 0.6 is 0 Å². The van der Waals surface area contributed by atoms with E-state index in [-0.39, 0.29) is 17.7 Å². The van der Waals surface area contributed by atoms with E-state index in [2.05, 4.69) is 0 Å². The maximum Gasteiger partial charge on any atom is 0.254 e. The summed E-state index contributed by atoms with van der Waals surface area (Å²) in [6.07, 6.45) is 1.62. The van der Waals surface area contributed by atoms with Gasteiger partial charge < -0.3 is 28.7 Å². The highest BCUT2D eigenvalue weighted by Gasteiger charge is 2.33. The number of carbonyl (C=O) groups excluding carboxylic acids is 2. The Hall–Kier alpha value is -2.48. The molecule has 1 atom stereocenters. The average Bonchev–Trinajstić information content (AvgIpc) is 2.78. The van der Waals surface area contributed by atoms with Crippen molar-refractivity contribution in [2.24, 2.45) is 5.92 Å². The summed E-state index contributed by atoms with van der Waals surface area (Å²) in [7, 11) is 1.54. The molecule has 0 radical (unpaired) electrons. The predicted molar refractivity (Wildman–Crippen MR) is 100 cm³/mol. The lowest BCUT2D eigenvalue weighted by Gasteiger charge is -2.36. The molecule has 2 amide bonds. The van der Waals surface area contributed by atoms with Gasteiger partial charge in [-0.2, -0.15) is 0 Å². The highest BCUT2D eigenvalue weighted by molar-refractivity contribution is 5.96. The molecule has 2 saturated heterocycles. The quantitative estimate of drug-likeness (QED) is 0.771. The second-order valence-corrected chi connectivity index (χ2v) is 7.23. The number of hydrogen-bond donors (Lipinski definition) is 0. The molecule has 1 aromatic rings. The molecule has 8 nitrogen and oxygen atoms in total. The van der Waals surface area contributed by atoms with E-state index in [1.54, 1.807) is 24.1 Å². The molecule has 3 heterocycles. The van der Waals surface area contributed by atoms with Crippen molar-refractivity contribution in [2.45, 2.75) is 12.8 Å². The van der Waals surface area contributed by atoms with Crippen LogP contribution in [0.4, 0.5) is 0 Å². The highest BCUT2D eigenvalue weighted by atomic mass is 16.6. The van der Waals surface area contributed by atoms with Crippen molar-refractivity contribution in [3.8, 4) is 17.2 Å². The van der Waals surface area contributed by atoms with Crippen LogP contribution in [0.2, 0.25) is 0 Å². The van der Waals surface area contributed by atoms with E-state index in [1.165, 1.54) is 0 Å². The van der Waals surface area contributed by atoms with Gasteiger partial charge in [-0.05, 0) is 25.0 Å². The first-order chi connectivity index (χ1) is 13.7. The van der Waals surface area contributed by atoms with Crippen LogP contribution in [0.15, 0.2) is 12.1 Å². The van der Waals surface area contributed by atoms with Crippen molar-refractivity contribution in [1.82, 2.24) is 9.80 Å². The van der Waals surface area contributed by atoms with Crippen LogP contribution < -0.4 is 14.2 Å². The van der Waals surface area contributed by atoms with Gasteiger partial charge in [0.25, 0.3) is 5.91 Å². The third-order valence-electron chi connectivity index (χ3n) is 5.46. The lowest BCUT2D eigenvalue weighted by Crippen LogP contribution is -2.49. The van der Waals surface area contributed by atoms with Gasteiger partial charge in [0.05, 0.1) is 26.2 Å². The fourth-order valence-electron chi connectivity index (χ4n) is 3.98. The van der Waals surface area contributed by atoms with Crippen LogP contribution in [0, 0.1) is 5.92 Å². The van der Waals surface area contributed by atoms with Crippen LogP contribution in [-0.2, 0) is 9.53 Å². The van der Waals surface area contributed by atoms with Crippen LogP contribution in [0.5, 0.6) is 17.2 Å². The number of morpholine rings is 1. The molecular weight excluding hydrogens is 364 g/mol. The summed E-state index contributed by atoms with van der Waals surface area (Å²) < 4.78 is 22.0. The smallest absolute Gasteiger partial charge is 0.254 e. The van der Waals surface area contributed by atoms with E-state index < -0.39 is 0 Å². The van der Waals surface area contributed by atoms with Crippen molar-refractivity contribution in [1.29, 1.82) is 0 Å². The fourth-order valence-corrected chi connectivity index (χ4v) is 3.98. The van der Waals surface area contributed by atoms with Crippen molar-refractivity contribution in [2.75, 3.05) is 59.7 Å². The van der Waals surface area contributed by atoms with Gasteiger partial charge in [-0.25, -0.2) is 0 Å². The van der Waals surface area contributed by atoms with E-state index in [0.717, 1.165) is 12.8 Å². The molecule has 0 N–H and O–H groups in total. The van der Waals surface area contributed by atoms with Gasteiger partial charge in [-0.3, -0.25) is 9.59 Å². The molecule has 2 fully saturated rings. The molecule has 8 heteroatoms. The minimum Gasteiger partial charge on any atom is -0.493 e. The standard InChI is InChI=1S/C20H26N2O6/c1-25-16-11-15(12-17-18(16)28-10-9-27-17)20(24)22-4-2-3-14(13-22)19(23)21-5-7-26-8-6-21/h11-12,14H,2-10,13H2,1H3. The average molecular weight is 390 g/mol. The number of piperidine rings is 1. The number of ether oxygens (including phenoxy) is 4. The summed E-state index contributed by atoms with van der Waals surface area (Å²) in [6, 6.07) is 3.38.